The van der Waals surface area contributed by atoms with Gasteiger partial charge in [0, 0.05) is 34.9 Å². The summed E-state index contributed by atoms with van der Waals surface area (Å²) in [7, 11) is 0. The smallest absolute Gasteiger partial charge is 0.268 e. The van der Waals surface area contributed by atoms with Crippen LogP contribution in [-0.4, -0.2) is 27.9 Å². The van der Waals surface area contributed by atoms with Gasteiger partial charge in [0.15, 0.2) is 0 Å². The Hall–Kier alpha value is -3.67. The van der Waals surface area contributed by atoms with Gasteiger partial charge in [-0.2, -0.15) is 0 Å². The summed E-state index contributed by atoms with van der Waals surface area (Å²) in [6.45, 7) is 1.29. The third-order valence-electron chi connectivity index (χ3n) is 4.87. The molecule has 0 bridgehead atoms. The summed E-state index contributed by atoms with van der Waals surface area (Å²) in [5.74, 6) is -0.282. The first-order valence-corrected chi connectivity index (χ1v) is 8.77. The molecular weight excluding hydrogens is 340 g/mol. The molecule has 0 saturated carbocycles. The quantitative estimate of drug-likeness (QED) is 0.579. The van der Waals surface area contributed by atoms with Crippen molar-refractivity contribution in [2.75, 3.05) is 11.9 Å². The topological polar surface area (TPSA) is 76.0 Å². The van der Waals surface area contributed by atoms with Crippen LogP contribution < -0.4 is 10.6 Å². The second-order valence-electron chi connectivity index (χ2n) is 6.58. The van der Waals surface area contributed by atoms with E-state index in [1.54, 1.807) is 12.3 Å². The summed E-state index contributed by atoms with van der Waals surface area (Å²) in [5, 5.41) is 7.66. The average Bonchev–Trinajstić information content (AvgIpc) is 3.07. The van der Waals surface area contributed by atoms with Crippen molar-refractivity contribution in [1.29, 1.82) is 0 Å². The average molecular weight is 356 g/mol. The van der Waals surface area contributed by atoms with Gasteiger partial charge in [0.1, 0.15) is 5.69 Å². The summed E-state index contributed by atoms with van der Waals surface area (Å²) in [5.41, 5.74) is 3.60. The lowest BCUT2D eigenvalue weighted by molar-refractivity contribution is 0.0928. The second kappa shape index (κ2) is 5.95. The first-order valence-electron chi connectivity index (χ1n) is 8.77. The zero-order valence-corrected chi connectivity index (χ0v) is 14.4. The van der Waals surface area contributed by atoms with Gasteiger partial charge < -0.3 is 15.2 Å². The van der Waals surface area contributed by atoms with E-state index in [0.717, 1.165) is 21.8 Å². The van der Waals surface area contributed by atoms with Crippen molar-refractivity contribution in [3.05, 3.63) is 72.1 Å². The van der Waals surface area contributed by atoms with Crippen molar-refractivity contribution in [3.63, 3.8) is 0 Å². The molecule has 6 heteroatoms. The molecule has 5 rings (SSSR count). The molecular formula is C21H16N4O2. The molecule has 27 heavy (non-hydrogen) atoms. The van der Waals surface area contributed by atoms with E-state index in [1.165, 1.54) is 0 Å². The molecule has 0 radical (unpaired) electrons. The number of hydrogen-bond donors (Lipinski definition) is 2. The summed E-state index contributed by atoms with van der Waals surface area (Å²) < 4.78 is 1.96. The van der Waals surface area contributed by atoms with Crippen LogP contribution in [0.1, 0.15) is 20.8 Å². The Kier molecular flexibility index (Phi) is 3.43. The van der Waals surface area contributed by atoms with Crippen molar-refractivity contribution < 1.29 is 9.59 Å². The first-order chi connectivity index (χ1) is 13.2. The third-order valence-corrected chi connectivity index (χ3v) is 4.87. The number of fused-ring (bicyclic) bond motifs is 4. The number of aromatic nitrogens is 2. The molecule has 3 heterocycles. The number of carbonyl (C=O) groups excluding carboxylic acids is 2. The van der Waals surface area contributed by atoms with Crippen LogP contribution in [0.5, 0.6) is 0 Å². The fourth-order valence-electron chi connectivity index (χ4n) is 3.54. The number of nitrogens with zero attached hydrogens (tertiary/aromatic N) is 2. The Bertz CT molecular complexity index is 1230. The Morgan fingerprint density at radius 1 is 1.07 bits per heavy atom. The molecule has 0 fully saturated rings. The molecule has 0 unspecified atom stereocenters. The van der Waals surface area contributed by atoms with Gasteiger partial charge >= 0.3 is 0 Å². The van der Waals surface area contributed by atoms with Crippen LogP contribution in [0.25, 0.3) is 21.8 Å². The van der Waals surface area contributed by atoms with E-state index in [1.807, 2.05) is 53.1 Å². The molecule has 6 nitrogen and oxygen atoms in total. The number of amides is 2. The van der Waals surface area contributed by atoms with Gasteiger partial charge in [0.25, 0.3) is 11.8 Å². The van der Waals surface area contributed by atoms with Crippen molar-refractivity contribution in [2.24, 2.45) is 0 Å². The molecule has 4 aromatic rings. The summed E-state index contributed by atoms with van der Waals surface area (Å²) in [4.78, 5) is 29.1. The van der Waals surface area contributed by atoms with Crippen LogP contribution in [-0.2, 0) is 6.54 Å². The maximum Gasteiger partial charge on any atom is 0.268 e. The molecule has 1 aliphatic heterocycles. The Morgan fingerprint density at radius 3 is 2.89 bits per heavy atom. The number of rotatable bonds is 2. The van der Waals surface area contributed by atoms with Crippen molar-refractivity contribution in [3.8, 4) is 0 Å². The van der Waals surface area contributed by atoms with Crippen molar-refractivity contribution in [2.45, 2.75) is 6.54 Å². The maximum atomic E-state index is 12.7. The first kappa shape index (κ1) is 15.6. The number of nitrogens with one attached hydrogen (secondary N) is 2. The van der Waals surface area contributed by atoms with Gasteiger partial charge in [0.05, 0.1) is 17.4 Å². The fourth-order valence-corrected chi connectivity index (χ4v) is 3.54. The van der Waals surface area contributed by atoms with Crippen LogP contribution in [0.3, 0.4) is 0 Å². The number of para-hydroxylation sites is 1. The van der Waals surface area contributed by atoms with Gasteiger partial charge in [-0.05, 0) is 30.3 Å². The SMILES string of the molecule is O=C(Nc1cnc2ccccc2c1)c1ccc2cc3n(c2c1)CCNC3=O. The van der Waals surface area contributed by atoms with E-state index in [2.05, 4.69) is 15.6 Å². The molecule has 0 aliphatic carbocycles. The monoisotopic (exact) mass is 356 g/mol. The predicted octanol–water partition coefficient (Wildman–Crippen LogP) is 3.19. The van der Waals surface area contributed by atoms with Crippen LogP contribution in [0.2, 0.25) is 0 Å². The Labute approximate surface area is 154 Å². The molecule has 0 spiro atoms. The molecule has 132 valence electrons. The van der Waals surface area contributed by atoms with Gasteiger partial charge in [-0.1, -0.05) is 24.3 Å². The minimum atomic E-state index is -0.204. The molecule has 0 saturated heterocycles. The highest BCUT2D eigenvalue weighted by atomic mass is 16.2. The number of carbonyl (C=O) groups is 2. The molecule has 2 aromatic carbocycles. The van der Waals surface area contributed by atoms with Gasteiger partial charge in [-0.3, -0.25) is 14.6 Å². The molecule has 2 aromatic heterocycles. The zero-order valence-electron chi connectivity index (χ0n) is 14.4. The molecule has 2 N–H and O–H groups in total. The highest BCUT2D eigenvalue weighted by molar-refractivity contribution is 6.07. The minimum absolute atomic E-state index is 0.0781. The molecule has 1 aliphatic rings. The number of pyridine rings is 1. The number of anilines is 1. The van der Waals surface area contributed by atoms with E-state index in [-0.39, 0.29) is 11.8 Å². The number of hydrogen-bond acceptors (Lipinski definition) is 3. The van der Waals surface area contributed by atoms with E-state index >= 15 is 0 Å². The zero-order chi connectivity index (χ0) is 18.4. The van der Waals surface area contributed by atoms with Gasteiger partial charge in [-0.25, -0.2) is 0 Å². The summed E-state index contributed by atoms with van der Waals surface area (Å²) in [6, 6.07) is 17.0. The fraction of sp³-hybridized carbons (Fsp3) is 0.0952. The van der Waals surface area contributed by atoms with Gasteiger partial charge in [0.2, 0.25) is 0 Å². The largest absolute Gasteiger partial charge is 0.349 e. The Morgan fingerprint density at radius 2 is 1.96 bits per heavy atom. The van der Waals surface area contributed by atoms with E-state index in [4.69, 9.17) is 0 Å². The van der Waals surface area contributed by atoms with Crippen LogP contribution in [0.15, 0.2) is 60.8 Å². The van der Waals surface area contributed by atoms with E-state index in [0.29, 0.717) is 30.0 Å². The lowest BCUT2D eigenvalue weighted by atomic mass is 10.1. The standard InChI is InChI=1S/C21H16N4O2/c26-20(24-16-9-13-3-1-2-4-17(13)23-12-16)15-6-5-14-10-19-21(27)22-7-8-25(19)18(14)11-15/h1-6,9-12H,7-8H2,(H,22,27)(H,24,26). The van der Waals surface area contributed by atoms with Crippen LogP contribution in [0, 0.1) is 0 Å². The van der Waals surface area contributed by atoms with E-state index < -0.39 is 0 Å². The van der Waals surface area contributed by atoms with Crippen molar-refractivity contribution in [1.82, 2.24) is 14.9 Å². The lowest BCUT2D eigenvalue weighted by Crippen LogP contribution is -2.34. The van der Waals surface area contributed by atoms with Crippen molar-refractivity contribution >= 4 is 39.3 Å². The predicted molar refractivity (Wildman–Crippen MR) is 104 cm³/mol. The minimum Gasteiger partial charge on any atom is -0.349 e. The molecule has 2 amide bonds. The second-order valence-corrected chi connectivity index (χ2v) is 6.58. The third kappa shape index (κ3) is 2.62. The number of benzene rings is 2. The lowest BCUT2D eigenvalue weighted by Gasteiger charge is -2.16. The molecule has 0 atom stereocenters. The van der Waals surface area contributed by atoms with E-state index in [9.17, 15) is 9.59 Å². The maximum absolute atomic E-state index is 12.7. The van der Waals surface area contributed by atoms with Crippen LogP contribution in [0.4, 0.5) is 5.69 Å². The highest BCUT2D eigenvalue weighted by Crippen LogP contribution is 2.24. The summed E-state index contributed by atoms with van der Waals surface area (Å²) in [6.07, 6.45) is 1.65. The summed E-state index contributed by atoms with van der Waals surface area (Å²) >= 11 is 0. The normalized spacial score (nSPS) is 13.4. The van der Waals surface area contributed by atoms with Gasteiger partial charge in [-0.15, -0.1) is 0 Å². The Balaban J connectivity index is 1.48. The van der Waals surface area contributed by atoms with Crippen LogP contribution >= 0.6 is 0 Å². The highest BCUT2D eigenvalue weighted by Gasteiger charge is 2.20.